The number of carbonyl (C=O) groups is 3. The molecule has 1 fully saturated rings. The highest BCUT2D eigenvalue weighted by Crippen LogP contribution is 2.24. The first-order chi connectivity index (χ1) is 12.4. The van der Waals surface area contributed by atoms with Crippen molar-refractivity contribution in [1.29, 1.82) is 0 Å². The van der Waals surface area contributed by atoms with Crippen LogP contribution in [0, 0.1) is 5.92 Å². The molecule has 1 amide bonds. The lowest BCUT2D eigenvalue weighted by molar-refractivity contribution is -0.138. The average Bonchev–Trinajstić information content (AvgIpc) is 3.08. The standard InChI is InChI=1S/C17H25N3O5S/c1-2-25-17(24)13-10-26-14(19-13)9-11-5-7-20(8-6-11)16(23)12(18)3-4-15(21)22/h10-12H,2-9,18H2,1H3,(H,21,22)/t12-/m0/s1. The minimum absolute atomic E-state index is 0.101. The van der Waals surface area contributed by atoms with Crippen LogP contribution in [0.1, 0.15) is 48.1 Å². The van der Waals surface area contributed by atoms with Crippen LogP contribution >= 0.6 is 11.3 Å². The lowest BCUT2D eigenvalue weighted by atomic mass is 9.93. The second-order valence-corrected chi connectivity index (χ2v) is 7.30. The Morgan fingerprint density at radius 3 is 2.73 bits per heavy atom. The highest BCUT2D eigenvalue weighted by molar-refractivity contribution is 7.09. The van der Waals surface area contributed by atoms with Gasteiger partial charge in [0.25, 0.3) is 0 Å². The van der Waals surface area contributed by atoms with Crippen LogP contribution < -0.4 is 5.73 Å². The quantitative estimate of drug-likeness (QED) is 0.648. The van der Waals surface area contributed by atoms with E-state index in [1.165, 1.54) is 11.3 Å². The number of rotatable bonds is 8. The van der Waals surface area contributed by atoms with Crippen LogP contribution in [-0.4, -0.2) is 58.6 Å². The number of carboxylic acid groups (broad SMARTS) is 1. The molecule has 1 aliphatic rings. The van der Waals surface area contributed by atoms with Crippen LogP contribution in [0.4, 0.5) is 0 Å². The van der Waals surface area contributed by atoms with E-state index in [1.807, 2.05) is 0 Å². The van der Waals surface area contributed by atoms with E-state index in [9.17, 15) is 14.4 Å². The summed E-state index contributed by atoms with van der Waals surface area (Å²) in [5.41, 5.74) is 6.15. The minimum Gasteiger partial charge on any atom is -0.481 e. The number of aromatic nitrogens is 1. The molecular formula is C17H25N3O5S. The summed E-state index contributed by atoms with van der Waals surface area (Å²) >= 11 is 1.45. The second kappa shape index (κ2) is 9.63. The molecular weight excluding hydrogens is 358 g/mol. The predicted octanol–water partition coefficient (Wildman–Crippen LogP) is 1.29. The molecule has 1 aliphatic heterocycles. The van der Waals surface area contributed by atoms with Gasteiger partial charge in [-0.05, 0) is 32.1 Å². The maximum atomic E-state index is 12.3. The topological polar surface area (TPSA) is 123 Å². The molecule has 1 aromatic rings. The van der Waals surface area contributed by atoms with Gasteiger partial charge >= 0.3 is 11.9 Å². The molecule has 26 heavy (non-hydrogen) atoms. The number of likely N-dealkylation sites (tertiary alicyclic amines) is 1. The number of esters is 1. The van der Waals surface area contributed by atoms with Crippen LogP contribution in [0.15, 0.2) is 5.38 Å². The van der Waals surface area contributed by atoms with Crippen LogP contribution in [-0.2, 0) is 20.7 Å². The van der Waals surface area contributed by atoms with Gasteiger partial charge in [-0.25, -0.2) is 9.78 Å². The third-order valence-electron chi connectivity index (χ3n) is 4.41. The maximum absolute atomic E-state index is 12.3. The van der Waals surface area contributed by atoms with Crippen molar-refractivity contribution in [2.75, 3.05) is 19.7 Å². The number of amides is 1. The minimum atomic E-state index is -0.947. The molecule has 144 valence electrons. The van der Waals surface area contributed by atoms with Gasteiger partial charge in [-0.3, -0.25) is 9.59 Å². The summed E-state index contributed by atoms with van der Waals surface area (Å²) in [5, 5.41) is 11.3. The highest BCUT2D eigenvalue weighted by Gasteiger charge is 2.27. The van der Waals surface area contributed by atoms with E-state index in [0.717, 1.165) is 24.3 Å². The number of carbonyl (C=O) groups excluding carboxylic acids is 2. The average molecular weight is 383 g/mol. The molecule has 1 saturated heterocycles. The summed E-state index contributed by atoms with van der Waals surface area (Å²) in [6.07, 6.45) is 2.51. The Kier molecular flexibility index (Phi) is 7.52. The fraction of sp³-hybridized carbons (Fsp3) is 0.647. The number of ether oxygens (including phenoxy) is 1. The van der Waals surface area contributed by atoms with E-state index in [-0.39, 0.29) is 18.7 Å². The number of piperidine rings is 1. The zero-order valence-electron chi connectivity index (χ0n) is 14.8. The first-order valence-corrected chi connectivity index (χ1v) is 9.66. The predicted molar refractivity (Wildman–Crippen MR) is 95.9 cm³/mol. The molecule has 0 unspecified atom stereocenters. The lowest BCUT2D eigenvalue weighted by Gasteiger charge is -2.33. The molecule has 0 bridgehead atoms. The van der Waals surface area contributed by atoms with Gasteiger partial charge in [-0.1, -0.05) is 0 Å². The van der Waals surface area contributed by atoms with Crippen molar-refractivity contribution >= 4 is 29.2 Å². The molecule has 0 saturated carbocycles. The van der Waals surface area contributed by atoms with Crippen molar-refractivity contribution in [1.82, 2.24) is 9.88 Å². The van der Waals surface area contributed by atoms with E-state index in [2.05, 4.69) is 4.98 Å². The fourth-order valence-corrected chi connectivity index (χ4v) is 3.82. The van der Waals surface area contributed by atoms with E-state index in [0.29, 0.717) is 31.3 Å². The Balaban J connectivity index is 1.78. The Morgan fingerprint density at radius 2 is 2.12 bits per heavy atom. The van der Waals surface area contributed by atoms with Gasteiger partial charge in [0.2, 0.25) is 5.91 Å². The van der Waals surface area contributed by atoms with Crippen LogP contribution in [0.25, 0.3) is 0 Å². The van der Waals surface area contributed by atoms with Crippen LogP contribution in [0.5, 0.6) is 0 Å². The summed E-state index contributed by atoms with van der Waals surface area (Å²) in [6, 6.07) is -0.756. The molecule has 8 nitrogen and oxygen atoms in total. The Bertz CT molecular complexity index is 640. The molecule has 1 aromatic heterocycles. The van der Waals surface area contributed by atoms with Crippen molar-refractivity contribution in [2.24, 2.45) is 11.7 Å². The zero-order chi connectivity index (χ0) is 19.1. The van der Waals surface area contributed by atoms with Crippen molar-refractivity contribution in [3.8, 4) is 0 Å². The number of hydrogen-bond acceptors (Lipinski definition) is 7. The molecule has 9 heteroatoms. The van der Waals surface area contributed by atoms with E-state index >= 15 is 0 Å². The molecule has 0 aromatic carbocycles. The first kappa shape index (κ1) is 20.3. The fourth-order valence-electron chi connectivity index (χ4n) is 2.94. The monoisotopic (exact) mass is 383 g/mol. The number of nitrogens with zero attached hydrogens (tertiary/aromatic N) is 2. The summed E-state index contributed by atoms with van der Waals surface area (Å²) in [7, 11) is 0. The van der Waals surface area contributed by atoms with E-state index in [1.54, 1.807) is 17.2 Å². The van der Waals surface area contributed by atoms with Gasteiger partial charge in [0.1, 0.15) is 0 Å². The third kappa shape index (κ3) is 5.77. The first-order valence-electron chi connectivity index (χ1n) is 8.78. The molecule has 2 rings (SSSR count). The number of hydrogen-bond donors (Lipinski definition) is 2. The number of nitrogens with two attached hydrogens (primary N) is 1. The van der Waals surface area contributed by atoms with Crippen molar-refractivity contribution in [3.05, 3.63) is 16.1 Å². The second-order valence-electron chi connectivity index (χ2n) is 6.36. The zero-order valence-corrected chi connectivity index (χ0v) is 15.7. The summed E-state index contributed by atoms with van der Waals surface area (Å²) in [5.74, 6) is -1.12. The van der Waals surface area contributed by atoms with Crippen molar-refractivity contribution < 1.29 is 24.2 Å². The Hall–Kier alpha value is -2.00. The van der Waals surface area contributed by atoms with Crippen molar-refractivity contribution in [2.45, 2.75) is 45.1 Å². The number of carboxylic acids is 1. The molecule has 3 N–H and O–H groups in total. The summed E-state index contributed by atoms with van der Waals surface area (Å²) in [6.45, 7) is 3.31. The molecule has 0 radical (unpaired) electrons. The lowest BCUT2D eigenvalue weighted by Crippen LogP contribution is -2.47. The van der Waals surface area contributed by atoms with Crippen molar-refractivity contribution in [3.63, 3.8) is 0 Å². The van der Waals surface area contributed by atoms with E-state index in [4.69, 9.17) is 15.6 Å². The summed E-state index contributed by atoms with van der Waals surface area (Å²) in [4.78, 5) is 40.6. The van der Waals surface area contributed by atoms with Gasteiger partial charge in [-0.2, -0.15) is 0 Å². The van der Waals surface area contributed by atoms with Crippen LogP contribution in [0.2, 0.25) is 0 Å². The highest BCUT2D eigenvalue weighted by atomic mass is 32.1. The van der Waals surface area contributed by atoms with Gasteiger partial charge in [0, 0.05) is 31.3 Å². The van der Waals surface area contributed by atoms with Gasteiger partial charge in [0.05, 0.1) is 17.7 Å². The maximum Gasteiger partial charge on any atom is 0.357 e. The molecule has 2 heterocycles. The Morgan fingerprint density at radius 1 is 1.42 bits per heavy atom. The SMILES string of the molecule is CCOC(=O)c1csc(CC2CCN(C(=O)[C@@H](N)CCC(=O)O)CC2)n1. The number of aliphatic carboxylic acids is 1. The Labute approximate surface area is 156 Å². The molecule has 1 atom stereocenters. The third-order valence-corrected chi connectivity index (χ3v) is 5.28. The van der Waals surface area contributed by atoms with Gasteiger partial charge in [0.15, 0.2) is 5.69 Å². The van der Waals surface area contributed by atoms with Crippen LogP contribution in [0.3, 0.4) is 0 Å². The smallest absolute Gasteiger partial charge is 0.357 e. The summed E-state index contributed by atoms with van der Waals surface area (Å²) < 4.78 is 4.94. The van der Waals surface area contributed by atoms with E-state index < -0.39 is 18.0 Å². The number of thiazole rings is 1. The normalized spacial score (nSPS) is 16.3. The largest absolute Gasteiger partial charge is 0.481 e. The molecule has 0 aliphatic carbocycles. The van der Waals surface area contributed by atoms with Gasteiger partial charge in [-0.15, -0.1) is 11.3 Å². The van der Waals surface area contributed by atoms with Gasteiger partial charge < -0.3 is 20.5 Å². The molecule has 0 spiro atoms.